The third-order valence-corrected chi connectivity index (χ3v) is 5.39. The van der Waals surface area contributed by atoms with Gasteiger partial charge in [-0.15, -0.1) is 11.3 Å². The molecular weight excluding hydrogens is 268 g/mol. The fraction of sp³-hybridized carbons (Fsp3) is 0.750. The molecular formula is C16H26N2OS. The molecule has 0 aromatic carbocycles. The Morgan fingerprint density at radius 1 is 1.25 bits per heavy atom. The van der Waals surface area contributed by atoms with Gasteiger partial charge in [-0.25, -0.2) is 0 Å². The summed E-state index contributed by atoms with van der Waals surface area (Å²) in [5.74, 6) is 0. The third kappa shape index (κ3) is 3.82. The largest absolute Gasteiger partial charge is 0.361 e. The molecule has 2 fully saturated rings. The van der Waals surface area contributed by atoms with Crippen molar-refractivity contribution in [2.45, 2.75) is 45.3 Å². The monoisotopic (exact) mass is 294 g/mol. The second kappa shape index (κ2) is 7.03. The molecule has 1 atom stereocenters. The molecule has 0 bridgehead atoms. The van der Waals surface area contributed by atoms with Crippen molar-refractivity contribution in [3.8, 4) is 0 Å². The molecule has 0 amide bonds. The Morgan fingerprint density at radius 3 is 2.85 bits per heavy atom. The number of ether oxygens (including phenoxy) is 1. The van der Waals surface area contributed by atoms with Crippen molar-refractivity contribution >= 4 is 11.3 Å². The van der Waals surface area contributed by atoms with Gasteiger partial charge in [0.15, 0.2) is 0 Å². The van der Waals surface area contributed by atoms with Crippen LogP contribution < -0.4 is 0 Å². The van der Waals surface area contributed by atoms with Crippen LogP contribution in [0.15, 0.2) is 11.4 Å². The van der Waals surface area contributed by atoms with E-state index in [1.165, 1.54) is 62.3 Å². The lowest BCUT2D eigenvalue weighted by molar-refractivity contribution is 0.00656. The van der Waals surface area contributed by atoms with Gasteiger partial charge >= 0.3 is 0 Å². The van der Waals surface area contributed by atoms with Crippen molar-refractivity contribution in [3.05, 3.63) is 21.9 Å². The number of hydrogen-bond donors (Lipinski definition) is 0. The highest BCUT2D eigenvalue weighted by molar-refractivity contribution is 7.10. The molecule has 3 nitrogen and oxygen atoms in total. The van der Waals surface area contributed by atoms with Gasteiger partial charge < -0.3 is 9.64 Å². The summed E-state index contributed by atoms with van der Waals surface area (Å²) in [6.45, 7) is 8.78. The van der Waals surface area contributed by atoms with Gasteiger partial charge in [0.05, 0.1) is 13.3 Å². The fourth-order valence-electron chi connectivity index (χ4n) is 3.39. The highest BCUT2D eigenvalue weighted by Crippen LogP contribution is 2.21. The molecule has 20 heavy (non-hydrogen) atoms. The average molecular weight is 294 g/mol. The lowest BCUT2D eigenvalue weighted by atomic mass is 10.2. The summed E-state index contributed by atoms with van der Waals surface area (Å²) in [4.78, 5) is 6.54. The van der Waals surface area contributed by atoms with Crippen LogP contribution in [-0.2, 0) is 11.3 Å². The molecule has 0 N–H and O–H groups in total. The molecule has 0 unspecified atom stereocenters. The first-order valence-corrected chi connectivity index (χ1v) is 8.77. The Morgan fingerprint density at radius 2 is 2.10 bits per heavy atom. The molecule has 3 rings (SSSR count). The molecule has 0 spiro atoms. The quantitative estimate of drug-likeness (QED) is 0.802. The maximum absolute atomic E-state index is 5.93. The summed E-state index contributed by atoms with van der Waals surface area (Å²) in [6, 6.07) is 2.95. The highest BCUT2D eigenvalue weighted by atomic mass is 32.1. The van der Waals surface area contributed by atoms with Crippen molar-refractivity contribution in [2.75, 3.05) is 32.9 Å². The molecule has 0 aliphatic carbocycles. The summed E-state index contributed by atoms with van der Waals surface area (Å²) < 4.78 is 5.93. The van der Waals surface area contributed by atoms with Gasteiger partial charge in [-0.2, -0.15) is 0 Å². The van der Waals surface area contributed by atoms with E-state index in [2.05, 4.69) is 28.2 Å². The standard InChI is InChI=1S/C16H26N2OS/c1-14-9-15(12-20-14)11-19-13-18-8-4-5-16(18)10-17-6-2-3-7-17/h9,12,16H,2-8,10-11,13H2,1H3/t16-/m1/s1. The minimum absolute atomic E-state index is 0.720. The fourth-order valence-corrected chi connectivity index (χ4v) is 4.08. The van der Waals surface area contributed by atoms with Crippen LogP contribution in [0.3, 0.4) is 0 Å². The Balaban J connectivity index is 1.41. The van der Waals surface area contributed by atoms with Gasteiger partial charge in [-0.1, -0.05) is 0 Å². The summed E-state index contributed by atoms with van der Waals surface area (Å²) in [5, 5.41) is 2.21. The number of hydrogen-bond acceptors (Lipinski definition) is 4. The zero-order chi connectivity index (χ0) is 13.8. The van der Waals surface area contributed by atoms with Gasteiger partial charge in [0.2, 0.25) is 0 Å². The van der Waals surface area contributed by atoms with Crippen LogP contribution in [0.5, 0.6) is 0 Å². The van der Waals surface area contributed by atoms with Crippen LogP contribution >= 0.6 is 11.3 Å². The molecule has 4 heteroatoms. The molecule has 112 valence electrons. The Kier molecular flexibility index (Phi) is 5.10. The first-order valence-electron chi connectivity index (χ1n) is 7.89. The smallest absolute Gasteiger partial charge is 0.0997 e. The molecule has 0 radical (unpaired) electrons. The van der Waals surface area contributed by atoms with E-state index in [4.69, 9.17) is 4.74 Å². The van der Waals surface area contributed by atoms with Crippen LogP contribution in [0.25, 0.3) is 0 Å². The van der Waals surface area contributed by atoms with Gasteiger partial charge in [-0.3, -0.25) is 4.90 Å². The van der Waals surface area contributed by atoms with E-state index >= 15 is 0 Å². The number of thiophene rings is 1. The maximum Gasteiger partial charge on any atom is 0.0997 e. The first-order chi connectivity index (χ1) is 9.81. The lowest BCUT2D eigenvalue weighted by Gasteiger charge is -2.28. The predicted molar refractivity (Wildman–Crippen MR) is 84.1 cm³/mol. The Bertz CT molecular complexity index is 414. The van der Waals surface area contributed by atoms with Crippen LogP contribution in [0.2, 0.25) is 0 Å². The van der Waals surface area contributed by atoms with Crippen molar-refractivity contribution in [1.82, 2.24) is 9.80 Å². The van der Waals surface area contributed by atoms with Crippen LogP contribution in [-0.4, -0.2) is 48.8 Å². The van der Waals surface area contributed by atoms with E-state index in [-0.39, 0.29) is 0 Å². The summed E-state index contributed by atoms with van der Waals surface area (Å²) >= 11 is 1.81. The molecule has 1 aromatic rings. The van der Waals surface area contributed by atoms with Crippen molar-refractivity contribution in [1.29, 1.82) is 0 Å². The van der Waals surface area contributed by atoms with Gasteiger partial charge in [0.1, 0.15) is 0 Å². The minimum Gasteiger partial charge on any atom is -0.361 e. The summed E-state index contributed by atoms with van der Waals surface area (Å²) in [5.41, 5.74) is 1.32. The molecule has 2 aliphatic heterocycles. The number of rotatable bonds is 6. The van der Waals surface area contributed by atoms with Gasteiger partial charge in [0, 0.05) is 24.0 Å². The molecule has 2 aliphatic rings. The molecule has 1 aromatic heterocycles. The highest BCUT2D eigenvalue weighted by Gasteiger charge is 2.27. The molecule has 0 saturated carbocycles. The lowest BCUT2D eigenvalue weighted by Crippen LogP contribution is -2.40. The Hall–Kier alpha value is -0.420. The topological polar surface area (TPSA) is 15.7 Å². The molecule has 3 heterocycles. The normalized spacial score (nSPS) is 24.8. The van der Waals surface area contributed by atoms with E-state index < -0.39 is 0 Å². The van der Waals surface area contributed by atoms with E-state index in [9.17, 15) is 0 Å². The van der Waals surface area contributed by atoms with Crippen molar-refractivity contribution < 1.29 is 4.74 Å². The van der Waals surface area contributed by atoms with Crippen LogP contribution in [0, 0.1) is 6.92 Å². The summed E-state index contributed by atoms with van der Waals surface area (Å²) in [7, 11) is 0. The van der Waals surface area contributed by atoms with E-state index in [1.807, 2.05) is 11.3 Å². The second-order valence-corrected chi connectivity index (χ2v) is 7.27. The summed E-state index contributed by atoms with van der Waals surface area (Å²) in [6.07, 6.45) is 5.46. The third-order valence-electron chi connectivity index (χ3n) is 4.48. The van der Waals surface area contributed by atoms with Crippen molar-refractivity contribution in [2.24, 2.45) is 0 Å². The number of nitrogens with zero attached hydrogens (tertiary/aromatic N) is 2. The van der Waals surface area contributed by atoms with Crippen LogP contribution in [0.4, 0.5) is 0 Å². The Labute approximate surface area is 126 Å². The minimum atomic E-state index is 0.720. The predicted octanol–water partition coefficient (Wildman–Crippen LogP) is 3.09. The van der Waals surface area contributed by atoms with Gasteiger partial charge in [-0.05, 0) is 62.7 Å². The number of likely N-dealkylation sites (tertiary alicyclic amines) is 2. The molecule has 2 saturated heterocycles. The SMILES string of the molecule is Cc1cc(COCN2CCC[C@@H]2CN2CCCC2)cs1. The maximum atomic E-state index is 5.93. The van der Waals surface area contributed by atoms with Gasteiger partial charge in [0.25, 0.3) is 0 Å². The van der Waals surface area contributed by atoms with Crippen molar-refractivity contribution in [3.63, 3.8) is 0 Å². The van der Waals surface area contributed by atoms with Crippen LogP contribution in [0.1, 0.15) is 36.1 Å². The average Bonchev–Trinajstić information content (AvgIpc) is 3.15. The second-order valence-electron chi connectivity index (χ2n) is 6.16. The zero-order valence-electron chi connectivity index (χ0n) is 12.5. The first kappa shape index (κ1) is 14.5. The zero-order valence-corrected chi connectivity index (χ0v) is 13.3. The van der Waals surface area contributed by atoms with E-state index in [1.54, 1.807) is 0 Å². The number of aryl methyl sites for hydroxylation is 1. The van der Waals surface area contributed by atoms with E-state index in [0.29, 0.717) is 0 Å². The van der Waals surface area contributed by atoms with E-state index in [0.717, 1.165) is 19.4 Å².